The Morgan fingerprint density at radius 3 is 2.67 bits per heavy atom. The number of hydrogen-bond donors (Lipinski definition) is 1. The summed E-state index contributed by atoms with van der Waals surface area (Å²) in [6, 6.07) is 0. The van der Waals surface area contributed by atoms with Gasteiger partial charge in [0.1, 0.15) is 11.9 Å². The third kappa shape index (κ3) is 4.04. The summed E-state index contributed by atoms with van der Waals surface area (Å²) in [6.07, 6.45) is -0.0424. The molecule has 1 unspecified atom stereocenters. The highest BCUT2D eigenvalue weighted by atomic mass is 127. The number of likely N-dealkylation sites (N-methyl/N-ethyl adjacent to an activating group) is 1. The summed E-state index contributed by atoms with van der Waals surface area (Å²) in [4.78, 5) is 11.8. The van der Waals surface area contributed by atoms with Crippen LogP contribution < -0.4 is 5.32 Å². The van der Waals surface area contributed by atoms with E-state index >= 15 is 0 Å². The van der Waals surface area contributed by atoms with E-state index in [1.807, 2.05) is 0 Å². The molecule has 1 atom stereocenters. The zero-order valence-electron chi connectivity index (χ0n) is 13.5. The van der Waals surface area contributed by atoms with Crippen LogP contribution in [0.4, 0.5) is 5.82 Å². The standard InChI is InChI=1S/C15H25IN4O/c1-6-17-14-11(16)12(15(2,3)4)18-13(19-14)10-9-20(5)7-8-21-10/h10H,6-9H2,1-5H3,(H,17,18,19). The number of rotatable bonds is 3. The lowest BCUT2D eigenvalue weighted by Crippen LogP contribution is -2.36. The average Bonchev–Trinajstić information content (AvgIpc) is 2.40. The Balaban J connectivity index is 2.43. The van der Waals surface area contributed by atoms with Crippen molar-refractivity contribution in [2.75, 3.05) is 38.6 Å². The van der Waals surface area contributed by atoms with Crippen molar-refractivity contribution in [1.29, 1.82) is 0 Å². The van der Waals surface area contributed by atoms with Gasteiger partial charge in [0.25, 0.3) is 0 Å². The molecule has 5 nitrogen and oxygen atoms in total. The molecule has 2 heterocycles. The number of anilines is 1. The Hall–Kier alpha value is -0.470. The van der Waals surface area contributed by atoms with E-state index in [9.17, 15) is 0 Å². The molecule has 1 aromatic heterocycles. The highest BCUT2D eigenvalue weighted by Crippen LogP contribution is 2.31. The number of nitrogens with zero attached hydrogens (tertiary/aromatic N) is 3. The molecular formula is C15H25IN4O. The molecule has 1 aromatic rings. The Labute approximate surface area is 141 Å². The molecule has 6 heteroatoms. The summed E-state index contributed by atoms with van der Waals surface area (Å²) < 4.78 is 6.98. The van der Waals surface area contributed by atoms with Crippen molar-refractivity contribution in [3.05, 3.63) is 15.1 Å². The largest absolute Gasteiger partial charge is 0.369 e. The van der Waals surface area contributed by atoms with Crippen molar-refractivity contribution >= 4 is 28.4 Å². The fourth-order valence-electron chi connectivity index (χ4n) is 2.32. The van der Waals surface area contributed by atoms with Gasteiger partial charge in [-0.1, -0.05) is 20.8 Å². The molecule has 2 rings (SSSR count). The van der Waals surface area contributed by atoms with Crippen LogP contribution in [-0.4, -0.2) is 48.2 Å². The van der Waals surface area contributed by atoms with Crippen LogP contribution in [0.2, 0.25) is 0 Å². The second kappa shape index (κ2) is 6.75. The second-order valence-electron chi connectivity index (χ2n) is 6.50. The number of halogens is 1. The number of morpholine rings is 1. The first-order chi connectivity index (χ1) is 9.82. The van der Waals surface area contributed by atoms with Gasteiger partial charge in [-0.05, 0) is 36.6 Å². The van der Waals surface area contributed by atoms with E-state index in [4.69, 9.17) is 14.7 Å². The monoisotopic (exact) mass is 404 g/mol. The number of aromatic nitrogens is 2. The molecule has 0 bridgehead atoms. The molecule has 0 radical (unpaired) electrons. The van der Waals surface area contributed by atoms with E-state index < -0.39 is 0 Å². The van der Waals surface area contributed by atoms with Crippen LogP contribution in [-0.2, 0) is 10.2 Å². The Morgan fingerprint density at radius 1 is 1.38 bits per heavy atom. The first kappa shape index (κ1) is 16.9. The topological polar surface area (TPSA) is 50.3 Å². The SMILES string of the molecule is CCNc1nc(C2CN(C)CCO2)nc(C(C)(C)C)c1I. The van der Waals surface area contributed by atoms with Gasteiger partial charge in [0.05, 0.1) is 15.9 Å². The van der Waals surface area contributed by atoms with Gasteiger partial charge in [-0.25, -0.2) is 9.97 Å². The van der Waals surface area contributed by atoms with Crippen LogP contribution in [0, 0.1) is 3.57 Å². The molecule has 1 saturated heterocycles. The molecule has 0 saturated carbocycles. The van der Waals surface area contributed by atoms with Gasteiger partial charge in [-0.2, -0.15) is 0 Å². The minimum atomic E-state index is -0.0424. The van der Waals surface area contributed by atoms with Crippen molar-refractivity contribution in [3.63, 3.8) is 0 Å². The summed E-state index contributed by atoms with van der Waals surface area (Å²) in [7, 11) is 2.11. The van der Waals surface area contributed by atoms with Gasteiger partial charge in [-0.3, -0.25) is 0 Å². The summed E-state index contributed by atoms with van der Waals surface area (Å²) in [6.45, 7) is 12.0. The first-order valence-electron chi connectivity index (χ1n) is 7.45. The highest BCUT2D eigenvalue weighted by Gasteiger charge is 2.28. The van der Waals surface area contributed by atoms with Crippen LogP contribution in [0.25, 0.3) is 0 Å². The molecule has 1 aliphatic heterocycles. The van der Waals surface area contributed by atoms with Crippen LogP contribution in [0.15, 0.2) is 0 Å². The minimum Gasteiger partial charge on any atom is -0.369 e. The van der Waals surface area contributed by atoms with E-state index in [-0.39, 0.29) is 11.5 Å². The van der Waals surface area contributed by atoms with E-state index in [0.717, 1.165) is 47.1 Å². The highest BCUT2D eigenvalue weighted by molar-refractivity contribution is 14.1. The summed E-state index contributed by atoms with van der Waals surface area (Å²) in [5.74, 6) is 1.72. The van der Waals surface area contributed by atoms with Gasteiger partial charge >= 0.3 is 0 Å². The summed E-state index contributed by atoms with van der Waals surface area (Å²) in [5, 5.41) is 3.35. The van der Waals surface area contributed by atoms with Crippen molar-refractivity contribution in [2.45, 2.75) is 39.2 Å². The quantitative estimate of drug-likeness (QED) is 0.786. The normalized spacial score (nSPS) is 20.6. The number of nitrogens with one attached hydrogen (secondary N) is 1. The van der Waals surface area contributed by atoms with E-state index in [0.29, 0.717) is 0 Å². The maximum atomic E-state index is 5.88. The molecule has 1 fully saturated rings. The Bertz CT molecular complexity index is 501. The van der Waals surface area contributed by atoms with Crippen molar-refractivity contribution in [2.24, 2.45) is 0 Å². The third-order valence-electron chi connectivity index (χ3n) is 3.48. The fraction of sp³-hybridized carbons (Fsp3) is 0.733. The Kier molecular flexibility index (Phi) is 5.43. The van der Waals surface area contributed by atoms with Crippen LogP contribution >= 0.6 is 22.6 Å². The number of hydrogen-bond acceptors (Lipinski definition) is 5. The summed E-state index contributed by atoms with van der Waals surface area (Å²) >= 11 is 2.34. The van der Waals surface area contributed by atoms with Gasteiger partial charge in [0, 0.05) is 25.0 Å². The van der Waals surface area contributed by atoms with Crippen molar-refractivity contribution in [1.82, 2.24) is 14.9 Å². The molecule has 0 aliphatic carbocycles. The van der Waals surface area contributed by atoms with Gasteiger partial charge in [0.2, 0.25) is 0 Å². The maximum absolute atomic E-state index is 5.88. The molecule has 118 valence electrons. The van der Waals surface area contributed by atoms with E-state index in [1.165, 1.54) is 0 Å². The smallest absolute Gasteiger partial charge is 0.161 e. The fourth-order valence-corrected chi connectivity index (χ4v) is 3.56. The summed E-state index contributed by atoms with van der Waals surface area (Å²) in [5.41, 5.74) is 1.07. The van der Waals surface area contributed by atoms with E-state index in [2.05, 4.69) is 67.6 Å². The lowest BCUT2D eigenvalue weighted by molar-refractivity contribution is -0.0256. The first-order valence-corrected chi connectivity index (χ1v) is 8.52. The number of ether oxygens (including phenoxy) is 1. The third-order valence-corrected chi connectivity index (χ3v) is 4.50. The van der Waals surface area contributed by atoms with E-state index in [1.54, 1.807) is 0 Å². The van der Waals surface area contributed by atoms with Crippen molar-refractivity contribution < 1.29 is 4.74 Å². The molecule has 0 spiro atoms. The molecule has 21 heavy (non-hydrogen) atoms. The maximum Gasteiger partial charge on any atom is 0.161 e. The molecule has 0 amide bonds. The molecule has 1 N–H and O–H groups in total. The molecular weight excluding hydrogens is 379 g/mol. The van der Waals surface area contributed by atoms with Gasteiger partial charge in [-0.15, -0.1) is 0 Å². The predicted molar refractivity (Wildman–Crippen MR) is 93.8 cm³/mol. The van der Waals surface area contributed by atoms with Crippen LogP contribution in [0.3, 0.4) is 0 Å². The lowest BCUT2D eigenvalue weighted by Gasteiger charge is -2.30. The minimum absolute atomic E-state index is 0.0149. The van der Waals surface area contributed by atoms with Gasteiger partial charge < -0.3 is 15.0 Å². The average molecular weight is 404 g/mol. The molecule has 1 aliphatic rings. The zero-order valence-corrected chi connectivity index (χ0v) is 15.7. The zero-order chi connectivity index (χ0) is 15.6. The van der Waals surface area contributed by atoms with Crippen LogP contribution in [0.5, 0.6) is 0 Å². The van der Waals surface area contributed by atoms with Crippen LogP contribution in [0.1, 0.15) is 45.3 Å². The predicted octanol–water partition coefficient (Wildman–Crippen LogP) is 2.81. The molecule has 0 aromatic carbocycles. The van der Waals surface area contributed by atoms with Crippen molar-refractivity contribution in [3.8, 4) is 0 Å². The Morgan fingerprint density at radius 2 is 2.10 bits per heavy atom. The second-order valence-corrected chi connectivity index (χ2v) is 7.57. The van der Waals surface area contributed by atoms with Gasteiger partial charge in [0.15, 0.2) is 5.82 Å². The lowest BCUT2D eigenvalue weighted by atomic mass is 9.91.